The van der Waals surface area contributed by atoms with Crippen molar-refractivity contribution in [2.24, 2.45) is 23.2 Å². The lowest BCUT2D eigenvalue weighted by Gasteiger charge is -2.40. The van der Waals surface area contributed by atoms with Crippen LogP contribution in [0.5, 0.6) is 0 Å². The number of hydrogen-bond acceptors (Lipinski definition) is 2. The number of piperidine rings is 1. The van der Waals surface area contributed by atoms with Gasteiger partial charge in [-0.2, -0.15) is 0 Å². The summed E-state index contributed by atoms with van der Waals surface area (Å²) in [6.45, 7) is 14.5. The molecular weight excluding hydrogens is 248 g/mol. The summed E-state index contributed by atoms with van der Waals surface area (Å²) >= 11 is 0. The minimum Gasteiger partial charge on any atom is -0.341 e. The van der Waals surface area contributed by atoms with E-state index < -0.39 is 0 Å². The standard InChI is InChI=1S/C17H32N2O/c1-12-10-15(18-11-12)16(20)19-8-6-14(7-9-19)13(2)17(3,4)5/h12-15,18H,6-11H2,1-5H3/t12-,13+,15+/m0/s1. The monoisotopic (exact) mass is 280 g/mol. The first-order chi connectivity index (χ1) is 9.29. The van der Waals surface area contributed by atoms with E-state index in [0.717, 1.165) is 37.9 Å². The van der Waals surface area contributed by atoms with E-state index in [1.165, 1.54) is 12.8 Å². The Morgan fingerprint density at radius 3 is 2.30 bits per heavy atom. The molecule has 0 aromatic carbocycles. The van der Waals surface area contributed by atoms with E-state index in [-0.39, 0.29) is 6.04 Å². The number of hydrogen-bond donors (Lipinski definition) is 1. The summed E-state index contributed by atoms with van der Waals surface area (Å²) in [6.07, 6.45) is 3.36. The van der Waals surface area contributed by atoms with Gasteiger partial charge in [0, 0.05) is 13.1 Å². The Bertz CT molecular complexity index is 339. The van der Waals surface area contributed by atoms with Crippen molar-refractivity contribution < 1.29 is 4.79 Å². The minimum atomic E-state index is 0.0848. The van der Waals surface area contributed by atoms with E-state index >= 15 is 0 Å². The van der Waals surface area contributed by atoms with Crippen LogP contribution >= 0.6 is 0 Å². The fraction of sp³-hybridized carbons (Fsp3) is 0.941. The van der Waals surface area contributed by atoms with Crippen molar-refractivity contribution in [2.75, 3.05) is 19.6 Å². The fourth-order valence-corrected chi connectivity index (χ4v) is 3.65. The Morgan fingerprint density at radius 1 is 1.25 bits per heavy atom. The first-order valence-corrected chi connectivity index (χ1v) is 8.31. The second-order valence-corrected chi connectivity index (χ2v) is 8.12. The highest BCUT2D eigenvalue weighted by Gasteiger charge is 2.35. The Hall–Kier alpha value is -0.570. The summed E-state index contributed by atoms with van der Waals surface area (Å²) in [4.78, 5) is 14.6. The van der Waals surface area contributed by atoms with Gasteiger partial charge >= 0.3 is 0 Å². The molecule has 116 valence electrons. The topological polar surface area (TPSA) is 32.3 Å². The SMILES string of the molecule is C[C@@H]1CN[C@@H](C(=O)N2CCC([C@@H](C)C(C)(C)C)CC2)C1. The number of nitrogens with zero attached hydrogens (tertiary/aromatic N) is 1. The van der Waals surface area contributed by atoms with Gasteiger partial charge in [0.25, 0.3) is 0 Å². The van der Waals surface area contributed by atoms with Crippen molar-refractivity contribution in [3.8, 4) is 0 Å². The second-order valence-electron chi connectivity index (χ2n) is 8.12. The van der Waals surface area contributed by atoms with Crippen LogP contribution in [0.15, 0.2) is 0 Å². The second kappa shape index (κ2) is 6.05. The molecule has 0 spiro atoms. The predicted molar refractivity (Wildman–Crippen MR) is 83.5 cm³/mol. The van der Waals surface area contributed by atoms with E-state index in [9.17, 15) is 4.79 Å². The third kappa shape index (κ3) is 3.55. The van der Waals surface area contributed by atoms with Gasteiger partial charge in [0.2, 0.25) is 5.91 Å². The molecule has 0 radical (unpaired) electrons. The van der Waals surface area contributed by atoms with Gasteiger partial charge in [0.15, 0.2) is 0 Å². The molecule has 0 unspecified atom stereocenters. The summed E-state index contributed by atoms with van der Waals surface area (Å²) in [5.41, 5.74) is 0.374. The smallest absolute Gasteiger partial charge is 0.239 e. The highest BCUT2D eigenvalue weighted by Crippen LogP contribution is 2.37. The highest BCUT2D eigenvalue weighted by molar-refractivity contribution is 5.82. The van der Waals surface area contributed by atoms with Crippen LogP contribution in [-0.2, 0) is 4.79 Å². The summed E-state index contributed by atoms with van der Waals surface area (Å²) in [5, 5.41) is 3.37. The Balaban J connectivity index is 1.84. The molecule has 2 rings (SSSR count). The van der Waals surface area contributed by atoms with E-state index in [4.69, 9.17) is 0 Å². The summed E-state index contributed by atoms with van der Waals surface area (Å²) < 4.78 is 0. The highest BCUT2D eigenvalue weighted by atomic mass is 16.2. The molecule has 0 bridgehead atoms. The third-order valence-corrected chi connectivity index (χ3v) is 5.57. The molecule has 3 nitrogen and oxygen atoms in total. The van der Waals surface area contributed by atoms with Crippen LogP contribution in [0, 0.1) is 23.2 Å². The van der Waals surface area contributed by atoms with E-state index in [2.05, 4.69) is 44.8 Å². The fourth-order valence-electron chi connectivity index (χ4n) is 3.65. The first kappa shape index (κ1) is 15.8. The number of likely N-dealkylation sites (tertiary alicyclic amines) is 1. The lowest BCUT2D eigenvalue weighted by Crippen LogP contribution is -2.48. The molecule has 2 aliphatic heterocycles. The maximum absolute atomic E-state index is 12.5. The van der Waals surface area contributed by atoms with Crippen molar-refractivity contribution in [3.05, 3.63) is 0 Å². The molecule has 0 saturated carbocycles. The molecule has 2 aliphatic rings. The molecule has 0 aliphatic carbocycles. The van der Waals surface area contributed by atoms with Gasteiger partial charge in [-0.3, -0.25) is 4.79 Å². The first-order valence-electron chi connectivity index (χ1n) is 8.31. The molecule has 0 aromatic heterocycles. The van der Waals surface area contributed by atoms with Crippen LogP contribution in [0.3, 0.4) is 0 Å². The van der Waals surface area contributed by atoms with Gasteiger partial charge < -0.3 is 10.2 Å². The van der Waals surface area contributed by atoms with Crippen molar-refractivity contribution in [1.82, 2.24) is 10.2 Å². The van der Waals surface area contributed by atoms with Crippen molar-refractivity contribution >= 4 is 5.91 Å². The molecule has 2 heterocycles. The molecule has 0 aromatic rings. The molecule has 1 amide bonds. The minimum absolute atomic E-state index is 0.0848. The van der Waals surface area contributed by atoms with Crippen molar-refractivity contribution in [1.29, 1.82) is 0 Å². The maximum atomic E-state index is 12.5. The zero-order valence-electron chi connectivity index (χ0n) is 13.9. The number of carbonyl (C=O) groups is 1. The van der Waals surface area contributed by atoms with E-state index in [0.29, 0.717) is 17.2 Å². The van der Waals surface area contributed by atoms with Gasteiger partial charge in [0.1, 0.15) is 0 Å². The van der Waals surface area contributed by atoms with Gasteiger partial charge in [-0.1, -0.05) is 34.6 Å². The quantitative estimate of drug-likeness (QED) is 0.843. The van der Waals surface area contributed by atoms with Gasteiger partial charge in [-0.15, -0.1) is 0 Å². The Labute approximate surface area is 124 Å². The molecule has 2 fully saturated rings. The number of rotatable bonds is 2. The van der Waals surface area contributed by atoms with E-state index in [1.807, 2.05) is 0 Å². The van der Waals surface area contributed by atoms with Crippen molar-refractivity contribution in [3.63, 3.8) is 0 Å². The molecule has 3 atom stereocenters. The van der Waals surface area contributed by atoms with Gasteiger partial charge in [0.05, 0.1) is 6.04 Å². The maximum Gasteiger partial charge on any atom is 0.239 e. The lowest BCUT2D eigenvalue weighted by molar-refractivity contribution is -0.135. The average Bonchev–Trinajstić information content (AvgIpc) is 2.83. The Morgan fingerprint density at radius 2 is 1.85 bits per heavy atom. The van der Waals surface area contributed by atoms with Crippen LogP contribution in [0.4, 0.5) is 0 Å². The number of amides is 1. The van der Waals surface area contributed by atoms with Crippen LogP contribution in [0.25, 0.3) is 0 Å². The molecule has 3 heteroatoms. The number of nitrogens with one attached hydrogen (secondary N) is 1. The molecule has 2 saturated heterocycles. The summed E-state index contributed by atoms with van der Waals surface area (Å²) in [6, 6.07) is 0.0848. The largest absolute Gasteiger partial charge is 0.341 e. The zero-order chi connectivity index (χ0) is 14.9. The van der Waals surface area contributed by atoms with Crippen LogP contribution < -0.4 is 5.32 Å². The van der Waals surface area contributed by atoms with Crippen molar-refractivity contribution in [2.45, 2.75) is 59.9 Å². The molecular formula is C17H32N2O. The summed E-state index contributed by atoms with van der Waals surface area (Å²) in [5.74, 6) is 2.48. The Kier molecular flexibility index (Phi) is 4.78. The average molecular weight is 280 g/mol. The predicted octanol–water partition coefficient (Wildman–Crippen LogP) is 2.91. The third-order valence-electron chi connectivity index (χ3n) is 5.57. The van der Waals surface area contributed by atoms with Gasteiger partial charge in [-0.25, -0.2) is 0 Å². The van der Waals surface area contributed by atoms with Crippen LogP contribution in [-0.4, -0.2) is 36.5 Å². The van der Waals surface area contributed by atoms with Crippen LogP contribution in [0.1, 0.15) is 53.9 Å². The molecule has 1 N–H and O–H groups in total. The zero-order valence-corrected chi connectivity index (χ0v) is 13.9. The lowest BCUT2D eigenvalue weighted by atomic mass is 9.71. The van der Waals surface area contributed by atoms with Crippen LogP contribution in [0.2, 0.25) is 0 Å². The van der Waals surface area contributed by atoms with E-state index in [1.54, 1.807) is 0 Å². The van der Waals surface area contributed by atoms with Gasteiger partial charge in [-0.05, 0) is 49.0 Å². The summed E-state index contributed by atoms with van der Waals surface area (Å²) in [7, 11) is 0. The number of carbonyl (C=O) groups excluding carboxylic acids is 1. The normalized spacial score (nSPS) is 30.6. The molecule has 20 heavy (non-hydrogen) atoms.